The molecule has 3 N–H and O–H groups in total. The molecule has 1 aromatic heterocycles. The van der Waals surface area contributed by atoms with Crippen LogP contribution in [0.25, 0.3) is 0 Å². The van der Waals surface area contributed by atoms with Crippen molar-refractivity contribution < 1.29 is 22.7 Å². The molecule has 0 bridgehead atoms. The molecule has 0 saturated carbocycles. The van der Waals surface area contributed by atoms with Crippen LogP contribution in [0.1, 0.15) is 44.6 Å². The predicted molar refractivity (Wildman–Crippen MR) is 104 cm³/mol. The second-order valence-electron chi connectivity index (χ2n) is 6.20. The van der Waals surface area contributed by atoms with Gasteiger partial charge in [0.1, 0.15) is 5.69 Å². The molecular weight excluding hydrogens is 370 g/mol. The molecule has 0 radical (unpaired) electrons. The number of benzene rings is 1. The molecule has 0 aliphatic heterocycles. The fourth-order valence-electron chi connectivity index (χ4n) is 2.69. The van der Waals surface area contributed by atoms with Crippen molar-refractivity contribution in [3.05, 3.63) is 46.3 Å². The van der Waals surface area contributed by atoms with Crippen molar-refractivity contribution in [1.29, 1.82) is 0 Å². The summed E-state index contributed by atoms with van der Waals surface area (Å²) in [5, 5.41) is 2.71. The van der Waals surface area contributed by atoms with Crippen molar-refractivity contribution in [3.8, 4) is 0 Å². The zero-order chi connectivity index (χ0) is 20.4. The maximum absolute atomic E-state index is 12.6. The zero-order valence-electron chi connectivity index (χ0n) is 15.9. The molecule has 146 valence electrons. The highest BCUT2D eigenvalue weighted by Crippen LogP contribution is 2.23. The van der Waals surface area contributed by atoms with Gasteiger partial charge < -0.3 is 15.0 Å². The van der Waals surface area contributed by atoms with E-state index in [0.717, 1.165) is 11.8 Å². The van der Waals surface area contributed by atoms with Crippen molar-refractivity contribution in [2.45, 2.75) is 27.7 Å². The van der Waals surface area contributed by atoms with Gasteiger partial charge in [-0.05, 0) is 51.0 Å². The minimum atomic E-state index is -3.44. The average Bonchev–Trinajstić information content (AvgIpc) is 2.84. The molecule has 1 heterocycles. The van der Waals surface area contributed by atoms with Gasteiger partial charge in [-0.25, -0.2) is 13.2 Å². The van der Waals surface area contributed by atoms with E-state index in [1.165, 1.54) is 6.07 Å². The number of carbonyl (C=O) groups is 2. The van der Waals surface area contributed by atoms with Crippen molar-refractivity contribution in [3.63, 3.8) is 0 Å². The predicted octanol–water partition coefficient (Wildman–Crippen LogP) is 2.74. The van der Waals surface area contributed by atoms with Crippen molar-refractivity contribution in [2.75, 3.05) is 22.9 Å². The van der Waals surface area contributed by atoms with Crippen LogP contribution in [0.4, 0.5) is 11.4 Å². The van der Waals surface area contributed by atoms with Crippen LogP contribution in [0.2, 0.25) is 0 Å². The Hall–Kier alpha value is -2.81. The lowest BCUT2D eigenvalue weighted by Gasteiger charge is -2.11. The van der Waals surface area contributed by atoms with E-state index < -0.39 is 21.9 Å². The molecule has 0 spiro atoms. The number of amides is 1. The summed E-state index contributed by atoms with van der Waals surface area (Å²) in [6.07, 6.45) is 1.06. The SMILES string of the molecule is CCOC(=O)c1c(C)[nH]c(C(=O)Nc2ccc(C)c(NS(C)(=O)=O)c2)c1C. The number of nitrogens with one attached hydrogen (secondary N) is 3. The number of H-pyrrole nitrogens is 1. The molecule has 0 aliphatic rings. The van der Waals surface area contributed by atoms with E-state index in [1.54, 1.807) is 39.8 Å². The molecule has 1 aromatic carbocycles. The highest BCUT2D eigenvalue weighted by molar-refractivity contribution is 7.92. The quantitative estimate of drug-likeness (QED) is 0.652. The maximum Gasteiger partial charge on any atom is 0.340 e. The normalized spacial score (nSPS) is 11.1. The summed E-state index contributed by atoms with van der Waals surface area (Å²) in [6, 6.07) is 4.89. The Balaban J connectivity index is 2.29. The van der Waals surface area contributed by atoms with Crippen LogP contribution in [0, 0.1) is 20.8 Å². The topological polar surface area (TPSA) is 117 Å². The molecule has 0 aliphatic carbocycles. The lowest BCUT2D eigenvalue weighted by atomic mass is 10.1. The van der Waals surface area contributed by atoms with Crippen LogP contribution < -0.4 is 10.0 Å². The minimum Gasteiger partial charge on any atom is -0.462 e. The largest absolute Gasteiger partial charge is 0.462 e. The van der Waals surface area contributed by atoms with E-state index in [1.807, 2.05) is 0 Å². The van der Waals surface area contributed by atoms with Gasteiger partial charge in [0.05, 0.1) is 24.1 Å². The molecule has 0 unspecified atom stereocenters. The van der Waals surface area contributed by atoms with E-state index in [4.69, 9.17) is 4.74 Å². The van der Waals surface area contributed by atoms with Gasteiger partial charge in [0.25, 0.3) is 5.91 Å². The number of aromatic nitrogens is 1. The van der Waals surface area contributed by atoms with Crippen molar-refractivity contribution >= 4 is 33.3 Å². The Labute approximate surface area is 158 Å². The molecule has 9 heteroatoms. The number of hydrogen-bond acceptors (Lipinski definition) is 5. The molecule has 0 fully saturated rings. The van der Waals surface area contributed by atoms with Gasteiger partial charge >= 0.3 is 5.97 Å². The fraction of sp³-hybridized carbons (Fsp3) is 0.333. The Morgan fingerprint density at radius 3 is 2.44 bits per heavy atom. The third-order valence-corrected chi connectivity index (χ3v) is 4.53. The number of carbonyl (C=O) groups excluding carboxylic acids is 2. The summed E-state index contributed by atoms with van der Waals surface area (Å²) in [6.45, 7) is 7.06. The van der Waals surface area contributed by atoms with Crippen LogP contribution in [-0.4, -0.2) is 38.1 Å². The number of aromatic amines is 1. The van der Waals surface area contributed by atoms with Crippen molar-refractivity contribution in [1.82, 2.24) is 4.98 Å². The summed E-state index contributed by atoms with van der Waals surface area (Å²) in [7, 11) is -3.44. The van der Waals surface area contributed by atoms with E-state index in [9.17, 15) is 18.0 Å². The number of esters is 1. The molecule has 0 atom stereocenters. The van der Waals surface area contributed by atoms with E-state index in [-0.39, 0.29) is 12.3 Å². The molecule has 2 aromatic rings. The van der Waals surface area contributed by atoms with Gasteiger partial charge in [-0.3, -0.25) is 9.52 Å². The van der Waals surface area contributed by atoms with Gasteiger partial charge in [0, 0.05) is 11.4 Å². The van der Waals surface area contributed by atoms with Crippen LogP contribution in [-0.2, 0) is 14.8 Å². The monoisotopic (exact) mass is 393 g/mol. The molecule has 8 nitrogen and oxygen atoms in total. The number of ether oxygens (including phenoxy) is 1. The first-order chi connectivity index (χ1) is 12.5. The Bertz CT molecular complexity index is 993. The lowest BCUT2D eigenvalue weighted by molar-refractivity contribution is 0.0525. The summed E-state index contributed by atoms with van der Waals surface area (Å²) < 4.78 is 30.4. The second kappa shape index (κ2) is 7.83. The Morgan fingerprint density at radius 2 is 1.85 bits per heavy atom. The average molecular weight is 393 g/mol. The third-order valence-electron chi connectivity index (χ3n) is 3.93. The summed E-state index contributed by atoms with van der Waals surface area (Å²) in [4.78, 5) is 27.6. The number of sulfonamides is 1. The van der Waals surface area contributed by atoms with Gasteiger partial charge in [0.2, 0.25) is 10.0 Å². The van der Waals surface area contributed by atoms with Crippen LogP contribution >= 0.6 is 0 Å². The first-order valence-electron chi connectivity index (χ1n) is 8.29. The van der Waals surface area contributed by atoms with E-state index in [2.05, 4.69) is 15.0 Å². The van der Waals surface area contributed by atoms with Crippen molar-refractivity contribution in [2.24, 2.45) is 0 Å². The molecule has 0 saturated heterocycles. The van der Waals surface area contributed by atoms with E-state index in [0.29, 0.717) is 28.2 Å². The molecule has 2 rings (SSSR count). The van der Waals surface area contributed by atoms with Gasteiger partial charge in [-0.1, -0.05) is 6.07 Å². The number of rotatable bonds is 6. The molecule has 1 amide bonds. The van der Waals surface area contributed by atoms with Gasteiger partial charge in [-0.15, -0.1) is 0 Å². The Kier molecular flexibility index (Phi) is 5.94. The highest BCUT2D eigenvalue weighted by atomic mass is 32.2. The number of aryl methyl sites for hydroxylation is 2. The third kappa shape index (κ3) is 4.88. The fourth-order valence-corrected chi connectivity index (χ4v) is 3.31. The first-order valence-corrected chi connectivity index (χ1v) is 10.2. The standard InChI is InChI=1S/C18H23N3O5S/c1-6-26-18(23)15-11(3)16(19-12(15)4)17(22)20-13-8-7-10(2)14(9-13)21-27(5,24)25/h7-9,19,21H,6H2,1-5H3,(H,20,22). The van der Waals surface area contributed by atoms with Crippen LogP contribution in [0.5, 0.6) is 0 Å². The minimum absolute atomic E-state index is 0.240. The van der Waals surface area contributed by atoms with E-state index >= 15 is 0 Å². The summed E-state index contributed by atoms with van der Waals surface area (Å²) in [5.41, 5.74) is 3.13. The number of anilines is 2. The zero-order valence-corrected chi connectivity index (χ0v) is 16.7. The smallest absolute Gasteiger partial charge is 0.340 e. The Morgan fingerprint density at radius 1 is 1.19 bits per heavy atom. The van der Waals surface area contributed by atoms with Crippen LogP contribution in [0.3, 0.4) is 0 Å². The van der Waals surface area contributed by atoms with Gasteiger partial charge in [0.15, 0.2) is 0 Å². The summed E-state index contributed by atoms with van der Waals surface area (Å²) >= 11 is 0. The highest BCUT2D eigenvalue weighted by Gasteiger charge is 2.23. The number of hydrogen-bond donors (Lipinski definition) is 3. The maximum atomic E-state index is 12.6. The lowest BCUT2D eigenvalue weighted by Crippen LogP contribution is -2.15. The second-order valence-corrected chi connectivity index (χ2v) is 7.95. The first kappa shape index (κ1) is 20.5. The molecule has 27 heavy (non-hydrogen) atoms. The molecular formula is C18H23N3O5S. The summed E-state index contributed by atoms with van der Waals surface area (Å²) in [5.74, 6) is -0.932. The van der Waals surface area contributed by atoms with Crippen LogP contribution in [0.15, 0.2) is 18.2 Å². The van der Waals surface area contributed by atoms with Gasteiger partial charge in [-0.2, -0.15) is 0 Å².